The molecule has 3 aromatic carbocycles. The molecule has 3 aromatic rings. The van der Waals surface area contributed by atoms with Gasteiger partial charge in [-0.2, -0.15) is 0 Å². The van der Waals surface area contributed by atoms with Gasteiger partial charge in [-0.25, -0.2) is 13.6 Å². The summed E-state index contributed by atoms with van der Waals surface area (Å²) in [5.74, 6) is 0.139. The fourth-order valence-corrected chi connectivity index (χ4v) is 6.18. The highest BCUT2D eigenvalue weighted by atomic mass is 32.2. The Bertz CT molecular complexity index is 1590. The molecule has 1 aliphatic rings. The van der Waals surface area contributed by atoms with Gasteiger partial charge in [-0.3, -0.25) is 20.2 Å². The first-order chi connectivity index (χ1) is 20.6. The van der Waals surface area contributed by atoms with Crippen LogP contribution in [0.1, 0.15) is 41.3 Å². The summed E-state index contributed by atoms with van der Waals surface area (Å²) in [5.41, 5.74) is 0.389. The third-order valence-corrected chi connectivity index (χ3v) is 9.07. The van der Waals surface area contributed by atoms with E-state index in [0.29, 0.717) is 5.75 Å². The summed E-state index contributed by atoms with van der Waals surface area (Å²) < 4.78 is 30.2. The van der Waals surface area contributed by atoms with Gasteiger partial charge in [0.1, 0.15) is 12.4 Å². The molecule has 3 N–H and O–H groups in total. The van der Waals surface area contributed by atoms with E-state index in [9.17, 15) is 23.3 Å². The zero-order valence-corrected chi connectivity index (χ0v) is 25.5. The zero-order valence-electron chi connectivity index (χ0n) is 23.8. The van der Waals surface area contributed by atoms with Crippen LogP contribution in [-0.4, -0.2) is 43.0 Å². The highest BCUT2D eigenvalue weighted by Gasteiger charge is 2.52. The number of nitrogens with two attached hydrogens (primary N) is 1. The minimum absolute atomic E-state index is 0.134. The number of rotatable bonds is 15. The van der Waals surface area contributed by atoms with Crippen LogP contribution in [0.25, 0.3) is 0 Å². The topological polar surface area (TPSA) is 142 Å². The number of nitrogens with one attached hydrogen (secondary N) is 1. The molecular formula is C32H35N3O6S2. The van der Waals surface area contributed by atoms with Crippen LogP contribution in [0.15, 0.2) is 107 Å². The van der Waals surface area contributed by atoms with Gasteiger partial charge in [-0.05, 0) is 60.4 Å². The second-order valence-electron chi connectivity index (χ2n) is 10.2. The molecule has 0 radical (unpaired) electrons. The molecule has 0 fully saturated rings. The summed E-state index contributed by atoms with van der Waals surface area (Å²) in [6, 6.07) is 22.5. The lowest BCUT2D eigenvalue weighted by atomic mass is 9.79. The number of carbonyl (C=O) groups is 1. The van der Waals surface area contributed by atoms with Crippen LogP contribution >= 0.6 is 11.8 Å². The lowest BCUT2D eigenvalue weighted by Crippen LogP contribution is -2.62. The number of unbranched alkanes of at least 4 members (excludes halogenated alkanes) is 1. The number of carbonyl (C=O) groups excluding carboxylic acids is 1. The van der Waals surface area contributed by atoms with Gasteiger partial charge in [0.25, 0.3) is 6.04 Å². The number of sulfonamides is 1. The molecule has 1 aliphatic carbocycles. The van der Waals surface area contributed by atoms with E-state index in [1.54, 1.807) is 24.3 Å². The van der Waals surface area contributed by atoms with E-state index in [1.807, 2.05) is 42.5 Å². The molecule has 0 bridgehead atoms. The first-order valence-corrected chi connectivity index (χ1v) is 16.5. The van der Waals surface area contributed by atoms with Crippen molar-refractivity contribution >= 4 is 27.6 Å². The van der Waals surface area contributed by atoms with Crippen molar-refractivity contribution in [2.75, 3.05) is 12.3 Å². The van der Waals surface area contributed by atoms with Crippen LogP contribution in [-0.2, 0) is 23.1 Å². The monoisotopic (exact) mass is 621 g/mol. The van der Waals surface area contributed by atoms with Gasteiger partial charge >= 0.3 is 0 Å². The van der Waals surface area contributed by atoms with Crippen molar-refractivity contribution in [3.8, 4) is 5.75 Å². The average Bonchev–Trinajstić information content (AvgIpc) is 3.01. The number of allylic oxidation sites excluding steroid dienone is 1. The number of Topliss-reactive ketones (excluding diaryl/α,β-unsaturated/α-hetero) is 1. The third kappa shape index (κ3) is 8.20. The Morgan fingerprint density at radius 3 is 2.40 bits per heavy atom. The molecule has 0 heterocycles. The number of hydrogen-bond donors (Lipinski definition) is 2. The standard InChI is InChI=1S/C32H35N3O6S2/c1-2-3-9-24-14-16-25(17-15-24)23-41-29-13-8-7-12-28(29)31(36)32(34-20-21-42-26-10-5-4-6-11-26)19-18-27(43(33,39)40)22-30(32)35(37)38/h4-8,10-19,22,30,34H,2-3,9,20-21,23H2,1H3,(H2,33,39,40). The summed E-state index contributed by atoms with van der Waals surface area (Å²) in [5, 5.41) is 20.8. The van der Waals surface area contributed by atoms with Crippen molar-refractivity contribution in [3.63, 3.8) is 0 Å². The van der Waals surface area contributed by atoms with Gasteiger partial charge in [0, 0.05) is 28.2 Å². The molecule has 2 unspecified atom stereocenters. The molecule has 0 spiro atoms. The molecule has 9 nitrogen and oxygen atoms in total. The number of hydrogen-bond acceptors (Lipinski definition) is 8. The normalized spacial score (nSPS) is 18.2. The van der Waals surface area contributed by atoms with Crippen molar-refractivity contribution in [1.29, 1.82) is 0 Å². The van der Waals surface area contributed by atoms with E-state index >= 15 is 0 Å². The Balaban J connectivity index is 1.62. The fourth-order valence-electron chi connectivity index (χ4n) is 4.82. The Hall–Kier alpha value is -3.77. The summed E-state index contributed by atoms with van der Waals surface area (Å²) in [7, 11) is -4.25. The molecule has 226 valence electrons. The van der Waals surface area contributed by atoms with Crippen LogP contribution < -0.4 is 15.2 Å². The second kappa shape index (κ2) is 14.6. The number of ketones is 1. The molecule has 0 saturated carbocycles. The summed E-state index contributed by atoms with van der Waals surface area (Å²) in [4.78, 5) is 26.6. The van der Waals surface area contributed by atoms with Crippen LogP contribution in [0.3, 0.4) is 0 Å². The molecular weight excluding hydrogens is 587 g/mol. The van der Waals surface area contributed by atoms with E-state index in [-0.39, 0.29) is 24.5 Å². The van der Waals surface area contributed by atoms with Crippen molar-refractivity contribution in [2.24, 2.45) is 5.14 Å². The maximum absolute atomic E-state index is 14.3. The van der Waals surface area contributed by atoms with Gasteiger partial charge in [0.15, 0.2) is 11.3 Å². The predicted molar refractivity (Wildman–Crippen MR) is 169 cm³/mol. The van der Waals surface area contributed by atoms with E-state index in [1.165, 1.54) is 23.4 Å². The molecule has 0 aromatic heterocycles. The molecule has 11 heteroatoms. The third-order valence-electron chi connectivity index (χ3n) is 7.13. The Morgan fingerprint density at radius 1 is 1.05 bits per heavy atom. The minimum Gasteiger partial charge on any atom is -0.488 e. The first kappa shape index (κ1) is 32.2. The number of thioether (sulfide) groups is 1. The maximum atomic E-state index is 14.3. The minimum atomic E-state index is -4.25. The molecule has 43 heavy (non-hydrogen) atoms. The van der Waals surface area contributed by atoms with E-state index in [0.717, 1.165) is 41.9 Å². The Kier molecular flexibility index (Phi) is 10.9. The van der Waals surface area contributed by atoms with Crippen molar-refractivity contribution in [3.05, 3.63) is 129 Å². The number of aryl methyl sites for hydroxylation is 1. The first-order valence-electron chi connectivity index (χ1n) is 14.0. The highest BCUT2D eigenvalue weighted by molar-refractivity contribution is 7.99. The van der Waals surface area contributed by atoms with E-state index < -0.39 is 37.2 Å². The highest BCUT2D eigenvalue weighted by Crippen LogP contribution is 2.33. The Morgan fingerprint density at radius 2 is 1.72 bits per heavy atom. The molecule has 4 rings (SSSR count). The molecule has 0 amide bonds. The zero-order chi connectivity index (χ0) is 30.9. The average molecular weight is 622 g/mol. The number of ether oxygens (including phenoxy) is 1. The maximum Gasteiger partial charge on any atom is 0.261 e. The lowest BCUT2D eigenvalue weighted by Gasteiger charge is -2.34. The summed E-state index contributed by atoms with van der Waals surface area (Å²) in [6.07, 6.45) is 6.54. The van der Waals surface area contributed by atoms with E-state index in [4.69, 9.17) is 9.88 Å². The summed E-state index contributed by atoms with van der Waals surface area (Å²) in [6.45, 7) is 2.55. The number of nitrogens with zero attached hydrogens (tertiary/aromatic N) is 1. The van der Waals surface area contributed by atoms with Crippen LogP contribution in [0.4, 0.5) is 0 Å². The van der Waals surface area contributed by atoms with Gasteiger partial charge in [-0.1, -0.05) is 67.9 Å². The van der Waals surface area contributed by atoms with Gasteiger partial charge < -0.3 is 4.74 Å². The van der Waals surface area contributed by atoms with E-state index in [2.05, 4.69) is 24.4 Å². The molecule has 0 aliphatic heterocycles. The Labute approximate surface area is 256 Å². The smallest absolute Gasteiger partial charge is 0.261 e. The number of para-hydroxylation sites is 1. The largest absolute Gasteiger partial charge is 0.488 e. The van der Waals surface area contributed by atoms with Crippen LogP contribution in [0.2, 0.25) is 0 Å². The fraction of sp³-hybridized carbons (Fsp3) is 0.281. The number of primary sulfonamides is 1. The quantitative estimate of drug-likeness (QED) is 0.0766. The van der Waals surface area contributed by atoms with Crippen molar-refractivity contribution in [1.82, 2.24) is 5.32 Å². The number of benzene rings is 3. The van der Waals surface area contributed by atoms with Crippen molar-refractivity contribution < 1.29 is 22.9 Å². The molecule has 0 saturated heterocycles. The van der Waals surface area contributed by atoms with Gasteiger partial charge in [0.05, 0.1) is 10.5 Å². The van der Waals surface area contributed by atoms with Crippen molar-refractivity contribution in [2.45, 2.75) is 49.3 Å². The predicted octanol–water partition coefficient (Wildman–Crippen LogP) is 5.30. The van der Waals surface area contributed by atoms with Crippen LogP contribution in [0, 0.1) is 10.1 Å². The van der Waals surface area contributed by atoms with Gasteiger partial charge in [0.2, 0.25) is 10.0 Å². The summed E-state index contributed by atoms with van der Waals surface area (Å²) >= 11 is 1.52. The molecule has 2 atom stereocenters. The van der Waals surface area contributed by atoms with Crippen LogP contribution in [0.5, 0.6) is 5.75 Å². The SMILES string of the molecule is CCCCc1ccc(COc2ccccc2C(=O)C2(NCCSc3ccccc3)C=CC(S(N)(=O)=O)=CC2[N+](=O)[O-])cc1. The lowest BCUT2D eigenvalue weighted by molar-refractivity contribution is -0.516. The number of nitro groups is 1. The van der Waals surface area contributed by atoms with Gasteiger partial charge in [-0.15, -0.1) is 11.8 Å². The second-order valence-corrected chi connectivity index (χ2v) is 12.9.